The fraction of sp³-hybridized carbons (Fsp3) is 0.524. The maximum atomic E-state index is 13.2. The zero-order valence-corrected chi connectivity index (χ0v) is 16.0. The van der Waals surface area contributed by atoms with E-state index in [1.165, 1.54) is 12.0 Å². The van der Waals surface area contributed by atoms with Crippen LogP contribution in [0.4, 0.5) is 10.3 Å². The number of likely N-dealkylation sites (tertiary alicyclic amines) is 1. The normalized spacial score (nSPS) is 24.6. The van der Waals surface area contributed by atoms with Crippen molar-refractivity contribution in [2.75, 3.05) is 25.4 Å². The molecule has 0 amide bonds. The number of fused-ring (bicyclic) bond motifs is 1. The maximum Gasteiger partial charge on any atom is 0.258 e. The lowest BCUT2D eigenvalue weighted by molar-refractivity contribution is 0.191. The highest BCUT2D eigenvalue weighted by Gasteiger charge is 2.47. The van der Waals surface area contributed by atoms with E-state index in [2.05, 4.69) is 9.88 Å². The van der Waals surface area contributed by atoms with Gasteiger partial charge in [-0.05, 0) is 62.1 Å². The average molecular weight is 370 g/mol. The fourth-order valence-corrected chi connectivity index (χ4v) is 4.86. The second-order valence-electron chi connectivity index (χ2n) is 7.91. The van der Waals surface area contributed by atoms with Gasteiger partial charge < -0.3 is 10.6 Å². The van der Waals surface area contributed by atoms with Crippen molar-refractivity contribution in [1.29, 1.82) is 0 Å². The van der Waals surface area contributed by atoms with Gasteiger partial charge in [0.2, 0.25) is 5.95 Å². The molecular weight excluding hydrogens is 343 g/mol. The van der Waals surface area contributed by atoms with Crippen LogP contribution in [0.3, 0.4) is 0 Å². The van der Waals surface area contributed by atoms with E-state index in [4.69, 9.17) is 5.73 Å². The van der Waals surface area contributed by atoms with E-state index in [1.54, 1.807) is 16.7 Å². The van der Waals surface area contributed by atoms with E-state index in [0.717, 1.165) is 36.8 Å². The average Bonchev–Trinajstić information content (AvgIpc) is 2.93. The molecule has 144 valence electrons. The summed E-state index contributed by atoms with van der Waals surface area (Å²) < 4.78 is 14.7. The van der Waals surface area contributed by atoms with E-state index >= 15 is 0 Å². The topological polar surface area (TPSA) is 64.2 Å². The van der Waals surface area contributed by atoms with Gasteiger partial charge in [-0.15, -0.1) is 0 Å². The molecule has 1 aromatic carbocycles. The minimum atomic E-state index is -0.173. The summed E-state index contributed by atoms with van der Waals surface area (Å²) >= 11 is 0. The Balaban J connectivity index is 1.40. The summed E-state index contributed by atoms with van der Waals surface area (Å²) in [5.41, 5.74) is 8.63. The zero-order valence-electron chi connectivity index (χ0n) is 16.0. The van der Waals surface area contributed by atoms with Gasteiger partial charge in [0, 0.05) is 37.4 Å². The number of anilines is 1. The van der Waals surface area contributed by atoms with E-state index in [-0.39, 0.29) is 11.4 Å². The van der Waals surface area contributed by atoms with Crippen LogP contribution in [0.25, 0.3) is 0 Å². The van der Waals surface area contributed by atoms with Crippen LogP contribution in [0.2, 0.25) is 0 Å². The van der Waals surface area contributed by atoms with Gasteiger partial charge >= 0.3 is 0 Å². The van der Waals surface area contributed by atoms with Crippen LogP contribution in [0, 0.1) is 24.6 Å². The quantitative estimate of drug-likeness (QED) is 0.879. The number of rotatable bonds is 5. The van der Waals surface area contributed by atoms with Crippen molar-refractivity contribution < 1.29 is 4.39 Å². The minimum absolute atomic E-state index is 0.00569. The fourth-order valence-electron chi connectivity index (χ4n) is 4.86. The molecule has 0 spiro atoms. The van der Waals surface area contributed by atoms with Crippen LogP contribution < -0.4 is 11.3 Å². The molecule has 2 aromatic rings. The molecule has 1 aliphatic carbocycles. The van der Waals surface area contributed by atoms with Crippen molar-refractivity contribution in [2.24, 2.45) is 11.8 Å². The Labute approximate surface area is 159 Å². The highest BCUT2D eigenvalue weighted by Crippen LogP contribution is 2.51. The minimum Gasteiger partial charge on any atom is -0.369 e. The predicted molar refractivity (Wildman–Crippen MR) is 104 cm³/mol. The molecule has 1 saturated carbocycles. The predicted octanol–water partition coefficient (Wildman–Crippen LogP) is 2.57. The molecule has 2 N–H and O–H groups in total. The summed E-state index contributed by atoms with van der Waals surface area (Å²) in [5, 5.41) is 0. The molecule has 2 aliphatic rings. The third kappa shape index (κ3) is 3.27. The Morgan fingerprint density at radius 1 is 1.26 bits per heavy atom. The number of nitrogens with zero attached hydrogens (tertiary/aromatic N) is 3. The number of benzene rings is 1. The summed E-state index contributed by atoms with van der Waals surface area (Å²) in [7, 11) is 0. The Morgan fingerprint density at radius 3 is 2.70 bits per heavy atom. The van der Waals surface area contributed by atoms with Crippen LogP contribution in [-0.2, 0) is 13.0 Å². The molecule has 4 rings (SSSR count). The third-order valence-electron chi connectivity index (χ3n) is 6.43. The van der Waals surface area contributed by atoms with Crippen LogP contribution in [0.5, 0.6) is 0 Å². The van der Waals surface area contributed by atoms with E-state index < -0.39 is 0 Å². The van der Waals surface area contributed by atoms with E-state index in [0.29, 0.717) is 30.7 Å². The first-order valence-corrected chi connectivity index (χ1v) is 9.81. The lowest BCUT2D eigenvalue weighted by Gasteiger charge is -2.40. The molecule has 2 heterocycles. The molecule has 6 heteroatoms. The van der Waals surface area contributed by atoms with Gasteiger partial charge in [0.25, 0.3) is 5.56 Å². The molecule has 5 nitrogen and oxygen atoms in total. The number of aryl methyl sites for hydroxylation is 1. The Morgan fingerprint density at radius 2 is 2.00 bits per heavy atom. The largest absolute Gasteiger partial charge is 0.369 e. The van der Waals surface area contributed by atoms with Gasteiger partial charge in [-0.25, -0.2) is 9.37 Å². The molecule has 1 aromatic heterocycles. The lowest BCUT2D eigenvalue weighted by atomic mass is 9.64. The summed E-state index contributed by atoms with van der Waals surface area (Å²) in [6, 6.07) is 6.97. The molecule has 1 aliphatic heterocycles. The molecule has 3 unspecified atom stereocenters. The van der Waals surface area contributed by atoms with Crippen LogP contribution in [0.15, 0.2) is 29.1 Å². The molecule has 0 bridgehead atoms. The highest BCUT2D eigenvalue weighted by atomic mass is 19.1. The van der Waals surface area contributed by atoms with Crippen molar-refractivity contribution in [3.8, 4) is 0 Å². The van der Waals surface area contributed by atoms with Crippen molar-refractivity contribution >= 4 is 5.95 Å². The summed E-state index contributed by atoms with van der Waals surface area (Å²) in [4.78, 5) is 19.5. The van der Waals surface area contributed by atoms with Gasteiger partial charge in [0.15, 0.2) is 0 Å². The van der Waals surface area contributed by atoms with Crippen molar-refractivity contribution in [1.82, 2.24) is 14.5 Å². The van der Waals surface area contributed by atoms with Gasteiger partial charge in [0.1, 0.15) is 5.82 Å². The standard InChI is InChI=1S/C21H27FN4O/c1-3-26-20(27)17(13(2)24-21(26)23)8-9-25-11-15-10-18(19(15)12-25)14-4-6-16(22)7-5-14/h4-7,15,18-19H,3,8-12H2,1-2H3,(H2,23,24). The second kappa shape index (κ2) is 7.08. The zero-order chi connectivity index (χ0) is 19.1. The molecule has 27 heavy (non-hydrogen) atoms. The van der Waals surface area contributed by atoms with Gasteiger partial charge in [-0.3, -0.25) is 9.36 Å². The first-order valence-electron chi connectivity index (χ1n) is 9.81. The Kier molecular flexibility index (Phi) is 4.76. The molecular formula is C21H27FN4O. The number of nitrogen functional groups attached to an aromatic ring is 1. The van der Waals surface area contributed by atoms with Crippen LogP contribution in [0.1, 0.15) is 36.1 Å². The summed E-state index contributed by atoms with van der Waals surface area (Å²) in [6.07, 6.45) is 1.89. The van der Waals surface area contributed by atoms with Gasteiger partial charge in [0.05, 0.1) is 0 Å². The smallest absolute Gasteiger partial charge is 0.258 e. The Bertz CT molecular complexity index is 892. The van der Waals surface area contributed by atoms with Gasteiger partial charge in [-0.1, -0.05) is 12.1 Å². The maximum absolute atomic E-state index is 13.2. The number of hydrogen-bond donors (Lipinski definition) is 1. The monoisotopic (exact) mass is 370 g/mol. The number of nitrogens with two attached hydrogens (primary N) is 1. The first kappa shape index (κ1) is 18.2. The SMILES string of the molecule is CCn1c(N)nc(C)c(CCN2CC3CC(c4ccc(F)cc4)C3C2)c1=O. The van der Waals surface area contributed by atoms with Crippen molar-refractivity contribution in [2.45, 2.75) is 39.2 Å². The van der Waals surface area contributed by atoms with Crippen molar-refractivity contribution in [3.63, 3.8) is 0 Å². The van der Waals surface area contributed by atoms with Gasteiger partial charge in [-0.2, -0.15) is 0 Å². The number of hydrogen-bond acceptors (Lipinski definition) is 4. The first-order chi connectivity index (χ1) is 13.0. The van der Waals surface area contributed by atoms with Crippen LogP contribution in [-0.4, -0.2) is 34.1 Å². The summed E-state index contributed by atoms with van der Waals surface area (Å²) in [6.45, 7) is 7.33. The van der Waals surface area contributed by atoms with E-state index in [1.807, 2.05) is 26.0 Å². The molecule has 3 atom stereocenters. The van der Waals surface area contributed by atoms with Crippen molar-refractivity contribution in [3.05, 3.63) is 57.3 Å². The third-order valence-corrected chi connectivity index (χ3v) is 6.43. The van der Waals surface area contributed by atoms with Crippen LogP contribution >= 0.6 is 0 Å². The summed E-state index contributed by atoms with van der Waals surface area (Å²) in [5.74, 6) is 2.03. The number of halogens is 1. The molecule has 2 fully saturated rings. The number of aromatic nitrogens is 2. The highest BCUT2D eigenvalue weighted by molar-refractivity contribution is 5.28. The Hall–Kier alpha value is -2.21. The molecule has 0 radical (unpaired) electrons. The molecule has 1 saturated heterocycles. The second-order valence-corrected chi connectivity index (χ2v) is 7.91. The van der Waals surface area contributed by atoms with E-state index in [9.17, 15) is 9.18 Å². The lowest BCUT2D eigenvalue weighted by Crippen LogP contribution is -2.33.